The van der Waals surface area contributed by atoms with E-state index in [1.165, 1.54) is 16.9 Å². The lowest BCUT2D eigenvalue weighted by atomic mass is 9.94. The van der Waals surface area contributed by atoms with Crippen molar-refractivity contribution in [2.75, 3.05) is 18.4 Å². The number of carbonyl (C=O) groups excluding carboxylic acids is 1. The van der Waals surface area contributed by atoms with Gasteiger partial charge >= 0.3 is 0 Å². The summed E-state index contributed by atoms with van der Waals surface area (Å²) in [4.78, 5) is 24.3. The number of aliphatic hydroxyl groups is 1. The number of nitrogens with zero attached hydrogens (tertiary/aromatic N) is 3. The third-order valence-electron chi connectivity index (χ3n) is 5.04. The number of rotatable bonds is 3. The van der Waals surface area contributed by atoms with Gasteiger partial charge in [-0.1, -0.05) is 0 Å². The second-order valence-corrected chi connectivity index (χ2v) is 7.65. The van der Waals surface area contributed by atoms with Gasteiger partial charge in [0, 0.05) is 35.7 Å². The maximum absolute atomic E-state index is 12.9. The molecule has 7 heteroatoms. The number of aliphatic hydroxyl groups excluding tert-OH is 1. The van der Waals surface area contributed by atoms with Crippen LogP contribution in [0.1, 0.15) is 40.1 Å². The normalized spacial score (nSPS) is 23.2. The summed E-state index contributed by atoms with van der Waals surface area (Å²) < 4.78 is 0. The monoisotopic (exact) mass is 358 g/mol. The molecule has 2 atom stereocenters. The molecule has 0 saturated carbocycles. The largest absolute Gasteiger partial charge is 0.389 e. The molecule has 2 aromatic heterocycles. The number of β-amino-alcohol motifs (C(OH)–C–C–N with tert-alkyl or cyclic N) is 1. The molecule has 1 fully saturated rings. The molecule has 2 N–H and O–H groups in total. The summed E-state index contributed by atoms with van der Waals surface area (Å²) in [5.74, 6) is 0.575. The third kappa shape index (κ3) is 3.39. The minimum atomic E-state index is -0.629. The number of aryl methyl sites for hydroxylation is 1. The lowest BCUT2D eigenvalue weighted by molar-refractivity contribution is 0.0425. The van der Waals surface area contributed by atoms with Crippen LogP contribution in [-0.2, 0) is 12.8 Å². The average Bonchev–Trinajstić information content (AvgIpc) is 3.08. The second kappa shape index (κ2) is 7.09. The number of anilines is 1. The zero-order chi connectivity index (χ0) is 17.2. The van der Waals surface area contributed by atoms with Gasteiger partial charge in [-0.25, -0.2) is 9.97 Å². The molecule has 4 rings (SSSR count). The zero-order valence-corrected chi connectivity index (χ0v) is 14.8. The van der Waals surface area contributed by atoms with E-state index in [2.05, 4.69) is 15.3 Å². The second-order valence-electron chi connectivity index (χ2n) is 6.69. The predicted octanol–water partition coefficient (Wildman–Crippen LogP) is 2.10. The van der Waals surface area contributed by atoms with Crippen LogP contribution < -0.4 is 5.32 Å². The van der Waals surface area contributed by atoms with Crippen LogP contribution in [-0.4, -0.2) is 51.1 Å². The fourth-order valence-corrected chi connectivity index (χ4v) is 4.79. The summed E-state index contributed by atoms with van der Waals surface area (Å²) in [5.41, 5.74) is 2.10. The summed E-state index contributed by atoms with van der Waals surface area (Å²) in [6.07, 6.45) is 7.87. The Hall–Kier alpha value is -1.99. The lowest BCUT2D eigenvalue weighted by Gasteiger charge is -2.36. The molecular weight excluding hydrogens is 336 g/mol. The van der Waals surface area contributed by atoms with Crippen molar-refractivity contribution in [1.82, 2.24) is 14.9 Å². The number of thiophene rings is 1. The minimum absolute atomic E-state index is 0.0628. The van der Waals surface area contributed by atoms with E-state index in [1.807, 2.05) is 5.38 Å². The molecule has 2 aromatic rings. The number of aromatic nitrogens is 2. The summed E-state index contributed by atoms with van der Waals surface area (Å²) in [7, 11) is 0. The van der Waals surface area contributed by atoms with E-state index in [0.29, 0.717) is 25.5 Å². The maximum atomic E-state index is 12.9. The Labute approximate surface area is 150 Å². The molecule has 1 amide bonds. The van der Waals surface area contributed by atoms with E-state index in [4.69, 9.17) is 0 Å². The Morgan fingerprint density at radius 1 is 1.28 bits per heavy atom. The van der Waals surface area contributed by atoms with E-state index >= 15 is 0 Å². The first-order chi connectivity index (χ1) is 12.2. The number of carbonyl (C=O) groups is 1. The zero-order valence-electron chi connectivity index (χ0n) is 14.0. The Bertz CT molecular complexity index is 749. The number of likely N-dealkylation sites (tertiary alicyclic amines) is 1. The predicted molar refractivity (Wildman–Crippen MR) is 96.9 cm³/mol. The first kappa shape index (κ1) is 16.5. The fraction of sp³-hybridized carbons (Fsp3) is 0.500. The fourth-order valence-electron chi connectivity index (χ4n) is 3.67. The number of piperidine rings is 1. The van der Waals surface area contributed by atoms with E-state index in [9.17, 15) is 9.90 Å². The summed E-state index contributed by atoms with van der Waals surface area (Å²) in [5, 5.41) is 15.6. The first-order valence-corrected chi connectivity index (χ1v) is 9.70. The van der Waals surface area contributed by atoms with Crippen molar-refractivity contribution >= 4 is 23.2 Å². The molecule has 1 aliphatic heterocycles. The van der Waals surface area contributed by atoms with Gasteiger partial charge in [-0.05, 0) is 43.7 Å². The molecule has 3 heterocycles. The number of nitrogens with one attached hydrogen (secondary N) is 1. The molecule has 1 saturated heterocycles. The van der Waals surface area contributed by atoms with Crippen molar-refractivity contribution in [2.24, 2.45) is 0 Å². The van der Waals surface area contributed by atoms with Crippen molar-refractivity contribution in [3.8, 4) is 0 Å². The highest BCUT2D eigenvalue weighted by Gasteiger charge is 2.32. The van der Waals surface area contributed by atoms with Crippen LogP contribution in [0.2, 0.25) is 0 Å². The molecule has 2 aliphatic rings. The topological polar surface area (TPSA) is 78.4 Å². The summed E-state index contributed by atoms with van der Waals surface area (Å²) >= 11 is 1.71. The number of fused-ring (bicyclic) bond motifs is 1. The van der Waals surface area contributed by atoms with E-state index < -0.39 is 6.10 Å². The smallest absolute Gasteiger partial charge is 0.255 e. The van der Waals surface area contributed by atoms with Crippen LogP contribution in [0.15, 0.2) is 23.8 Å². The van der Waals surface area contributed by atoms with Crippen molar-refractivity contribution in [1.29, 1.82) is 0 Å². The van der Waals surface area contributed by atoms with Crippen molar-refractivity contribution in [3.63, 3.8) is 0 Å². The van der Waals surface area contributed by atoms with Gasteiger partial charge in [-0.2, -0.15) is 0 Å². The molecule has 132 valence electrons. The van der Waals surface area contributed by atoms with Gasteiger partial charge in [-0.15, -0.1) is 11.3 Å². The average molecular weight is 358 g/mol. The molecule has 0 radical (unpaired) electrons. The Balaban J connectivity index is 1.42. The molecule has 6 nitrogen and oxygen atoms in total. The number of hydrogen-bond donors (Lipinski definition) is 2. The Morgan fingerprint density at radius 2 is 2.08 bits per heavy atom. The van der Waals surface area contributed by atoms with Crippen LogP contribution in [0.3, 0.4) is 0 Å². The van der Waals surface area contributed by atoms with Crippen LogP contribution in [0.4, 0.5) is 5.95 Å². The highest BCUT2D eigenvalue weighted by molar-refractivity contribution is 7.10. The van der Waals surface area contributed by atoms with Gasteiger partial charge in [-0.3, -0.25) is 4.79 Å². The SMILES string of the molecule is O=C(c1csc2c1CCCC2)N1CC[C@@H](Nc2ncccn2)[C@H](O)C1. The van der Waals surface area contributed by atoms with Crippen molar-refractivity contribution in [3.05, 3.63) is 39.8 Å². The molecule has 0 unspecified atom stereocenters. The van der Waals surface area contributed by atoms with Crippen molar-refractivity contribution in [2.45, 2.75) is 44.2 Å². The maximum Gasteiger partial charge on any atom is 0.255 e. The van der Waals surface area contributed by atoms with Crippen LogP contribution in [0, 0.1) is 0 Å². The van der Waals surface area contributed by atoms with Gasteiger partial charge in [0.05, 0.1) is 17.7 Å². The summed E-state index contributed by atoms with van der Waals surface area (Å²) in [6.45, 7) is 0.971. The minimum Gasteiger partial charge on any atom is -0.389 e. The molecule has 1 aliphatic carbocycles. The van der Waals surface area contributed by atoms with E-state index in [0.717, 1.165) is 24.8 Å². The Kier molecular flexibility index (Phi) is 4.67. The number of hydrogen-bond acceptors (Lipinski definition) is 6. The van der Waals surface area contributed by atoms with Gasteiger partial charge in [0.25, 0.3) is 5.91 Å². The van der Waals surface area contributed by atoms with E-state index in [-0.39, 0.29) is 11.9 Å². The van der Waals surface area contributed by atoms with Gasteiger partial charge in [0.15, 0.2) is 0 Å². The van der Waals surface area contributed by atoms with Gasteiger partial charge in [0.1, 0.15) is 0 Å². The van der Waals surface area contributed by atoms with Gasteiger partial charge < -0.3 is 15.3 Å². The lowest BCUT2D eigenvalue weighted by Crippen LogP contribution is -2.51. The van der Waals surface area contributed by atoms with Gasteiger partial charge in [0.2, 0.25) is 5.95 Å². The molecule has 0 aromatic carbocycles. The summed E-state index contributed by atoms with van der Waals surface area (Å²) in [6, 6.07) is 1.62. The van der Waals surface area contributed by atoms with Crippen molar-refractivity contribution < 1.29 is 9.90 Å². The highest BCUT2D eigenvalue weighted by Crippen LogP contribution is 2.31. The van der Waals surface area contributed by atoms with Crippen LogP contribution in [0.25, 0.3) is 0 Å². The molecule has 0 spiro atoms. The Morgan fingerprint density at radius 3 is 2.88 bits per heavy atom. The highest BCUT2D eigenvalue weighted by atomic mass is 32.1. The number of amides is 1. The van der Waals surface area contributed by atoms with E-state index in [1.54, 1.807) is 34.7 Å². The quantitative estimate of drug-likeness (QED) is 0.879. The standard InChI is InChI=1S/C18H22N4O2S/c23-15-10-22(9-6-14(15)21-18-19-7-3-8-20-18)17(24)13-11-25-16-5-2-1-4-12(13)16/h3,7-8,11,14-15,23H,1-2,4-6,9-10H2,(H,19,20,21)/t14-,15-/m1/s1. The molecule has 0 bridgehead atoms. The van der Waals surface area contributed by atoms with Crippen LogP contribution in [0.5, 0.6) is 0 Å². The molecule has 25 heavy (non-hydrogen) atoms. The van der Waals surface area contributed by atoms with Crippen LogP contribution >= 0.6 is 11.3 Å². The first-order valence-electron chi connectivity index (χ1n) is 8.82. The third-order valence-corrected chi connectivity index (χ3v) is 6.13. The molecular formula is C18H22N4O2S.